The molecule has 6 heteroatoms. The Hall–Kier alpha value is -1.14. The Morgan fingerprint density at radius 2 is 2.44 bits per heavy atom. The molecule has 2 rings (SSSR count). The number of anilines is 1. The second kappa shape index (κ2) is 5.67. The molecule has 1 atom stereocenters. The molecule has 3 N–H and O–H groups in total. The Balaban J connectivity index is 2.07. The third-order valence-electron chi connectivity index (χ3n) is 3.03. The van der Waals surface area contributed by atoms with E-state index in [2.05, 4.69) is 16.8 Å². The lowest BCUT2D eigenvalue weighted by molar-refractivity contribution is -0.138. The van der Waals surface area contributed by atoms with Crippen LogP contribution in [-0.4, -0.2) is 29.1 Å². The number of hydrogen-bond donors (Lipinski definition) is 2. The van der Waals surface area contributed by atoms with Gasteiger partial charge in [-0.05, 0) is 25.2 Å². The van der Waals surface area contributed by atoms with Crippen LogP contribution in [0.3, 0.4) is 0 Å². The van der Waals surface area contributed by atoms with E-state index in [1.807, 2.05) is 0 Å². The Kier molecular flexibility index (Phi) is 4.19. The van der Waals surface area contributed by atoms with E-state index in [4.69, 9.17) is 10.8 Å². The zero-order chi connectivity index (χ0) is 13.1. The fourth-order valence-electron chi connectivity index (χ4n) is 1.84. The summed E-state index contributed by atoms with van der Waals surface area (Å²) in [6.07, 6.45) is 3.66. The van der Waals surface area contributed by atoms with E-state index in [-0.39, 0.29) is 0 Å². The SMILES string of the molecule is CCCN(CC1CC1)c1nc(C(N)C(=O)O)cs1. The van der Waals surface area contributed by atoms with Crippen LogP contribution in [0.1, 0.15) is 37.9 Å². The summed E-state index contributed by atoms with van der Waals surface area (Å²) >= 11 is 1.48. The molecule has 0 bridgehead atoms. The third kappa shape index (κ3) is 3.20. The maximum absolute atomic E-state index is 10.8. The summed E-state index contributed by atoms with van der Waals surface area (Å²) in [5, 5.41) is 11.5. The van der Waals surface area contributed by atoms with Crippen LogP contribution < -0.4 is 10.6 Å². The molecule has 0 aliphatic heterocycles. The number of aromatic nitrogens is 1. The first kappa shape index (κ1) is 13.3. The van der Waals surface area contributed by atoms with Crippen molar-refractivity contribution in [1.82, 2.24) is 4.98 Å². The van der Waals surface area contributed by atoms with E-state index in [0.717, 1.165) is 30.6 Å². The number of carboxylic acid groups (broad SMARTS) is 1. The molecule has 1 fully saturated rings. The minimum atomic E-state index is -1.03. The van der Waals surface area contributed by atoms with Crippen LogP contribution in [0.5, 0.6) is 0 Å². The molecule has 0 spiro atoms. The van der Waals surface area contributed by atoms with Crippen molar-refractivity contribution in [3.8, 4) is 0 Å². The average Bonchev–Trinajstić information content (AvgIpc) is 3.02. The van der Waals surface area contributed by atoms with Gasteiger partial charge in [0.2, 0.25) is 0 Å². The van der Waals surface area contributed by atoms with Crippen molar-refractivity contribution in [2.24, 2.45) is 11.7 Å². The molecule has 1 aromatic rings. The van der Waals surface area contributed by atoms with Crippen LogP contribution in [0, 0.1) is 5.92 Å². The van der Waals surface area contributed by atoms with Gasteiger partial charge in [0.25, 0.3) is 0 Å². The molecule has 1 aromatic heterocycles. The lowest BCUT2D eigenvalue weighted by Crippen LogP contribution is -2.27. The predicted molar refractivity (Wildman–Crippen MR) is 71.9 cm³/mol. The number of nitrogens with zero attached hydrogens (tertiary/aromatic N) is 2. The highest BCUT2D eigenvalue weighted by molar-refractivity contribution is 7.13. The first-order chi connectivity index (χ1) is 8.61. The minimum absolute atomic E-state index is 0.458. The lowest BCUT2D eigenvalue weighted by atomic mass is 10.2. The van der Waals surface area contributed by atoms with Gasteiger partial charge < -0.3 is 15.7 Å². The molecular formula is C12H19N3O2S. The standard InChI is InChI=1S/C12H19N3O2S/c1-2-5-15(6-8-3-4-8)12-14-9(7-18-12)10(13)11(16)17/h7-8,10H,2-6,13H2,1H3,(H,16,17). The summed E-state index contributed by atoms with van der Waals surface area (Å²) in [4.78, 5) is 17.4. The van der Waals surface area contributed by atoms with Crippen LogP contribution in [-0.2, 0) is 4.79 Å². The van der Waals surface area contributed by atoms with Gasteiger partial charge in [-0.25, -0.2) is 4.98 Å². The van der Waals surface area contributed by atoms with E-state index >= 15 is 0 Å². The number of carboxylic acids is 1. The van der Waals surface area contributed by atoms with Gasteiger partial charge in [-0.15, -0.1) is 11.3 Å². The molecule has 0 saturated heterocycles. The Morgan fingerprint density at radius 1 is 1.72 bits per heavy atom. The highest BCUT2D eigenvalue weighted by Gasteiger charge is 2.26. The summed E-state index contributed by atoms with van der Waals surface area (Å²) in [6, 6.07) is -1.01. The number of nitrogens with two attached hydrogens (primary N) is 1. The van der Waals surface area contributed by atoms with E-state index in [1.165, 1.54) is 24.2 Å². The van der Waals surface area contributed by atoms with Gasteiger partial charge in [0.1, 0.15) is 6.04 Å². The van der Waals surface area contributed by atoms with Gasteiger partial charge in [0.15, 0.2) is 5.13 Å². The van der Waals surface area contributed by atoms with Gasteiger partial charge in [-0.3, -0.25) is 4.79 Å². The molecular weight excluding hydrogens is 250 g/mol. The van der Waals surface area contributed by atoms with Gasteiger partial charge in [-0.2, -0.15) is 0 Å². The Morgan fingerprint density at radius 3 is 3.00 bits per heavy atom. The normalized spacial score (nSPS) is 16.6. The quantitative estimate of drug-likeness (QED) is 0.789. The van der Waals surface area contributed by atoms with Crippen molar-refractivity contribution in [3.63, 3.8) is 0 Å². The Labute approximate surface area is 111 Å². The molecule has 1 aliphatic carbocycles. The van der Waals surface area contributed by atoms with Crippen molar-refractivity contribution >= 4 is 22.4 Å². The van der Waals surface area contributed by atoms with Crippen LogP contribution in [0.15, 0.2) is 5.38 Å². The van der Waals surface area contributed by atoms with E-state index < -0.39 is 12.0 Å². The number of aliphatic carboxylic acids is 1. The van der Waals surface area contributed by atoms with Crippen LogP contribution >= 0.6 is 11.3 Å². The molecule has 1 aliphatic rings. The zero-order valence-electron chi connectivity index (χ0n) is 10.5. The maximum atomic E-state index is 10.8. The smallest absolute Gasteiger partial charge is 0.326 e. The molecule has 0 aromatic carbocycles. The van der Waals surface area contributed by atoms with Crippen molar-refractivity contribution in [1.29, 1.82) is 0 Å². The highest BCUT2D eigenvalue weighted by Crippen LogP contribution is 2.32. The summed E-state index contributed by atoms with van der Waals surface area (Å²) in [6.45, 7) is 4.13. The molecule has 100 valence electrons. The number of carbonyl (C=O) groups is 1. The maximum Gasteiger partial charge on any atom is 0.326 e. The molecule has 0 radical (unpaired) electrons. The van der Waals surface area contributed by atoms with E-state index in [9.17, 15) is 4.79 Å². The summed E-state index contributed by atoms with van der Waals surface area (Å²) < 4.78 is 0. The van der Waals surface area contributed by atoms with Crippen molar-refractivity contribution in [2.75, 3.05) is 18.0 Å². The van der Waals surface area contributed by atoms with Gasteiger partial charge in [-0.1, -0.05) is 6.92 Å². The van der Waals surface area contributed by atoms with Crippen molar-refractivity contribution < 1.29 is 9.90 Å². The van der Waals surface area contributed by atoms with Crippen LogP contribution in [0.2, 0.25) is 0 Å². The second-order valence-corrected chi connectivity index (χ2v) is 5.60. The second-order valence-electron chi connectivity index (χ2n) is 4.76. The molecule has 1 unspecified atom stereocenters. The van der Waals surface area contributed by atoms with Crippen molar-refractivity contribution in [2.45, 2.75) is 32.2 Å². The monoisotopic (exact) mass is 269 g/mol. The number of rotatable bonds is 7. The van der Waals surface area contributed by atoms with Crippen LogP contribution in [0.25, 0.3) is 0 Å². The Bertz CT molecular complexity index is 417. The van der Waals surface area contributed by atoms with Gasteiger partial charge in [0.05, 0.1) is 5.69 Å². The summed E-state index contributed by atoms with van der Waals surface area (Å²) in [5.41, 5.74) is 6.02. The average molecular weight is 269 g/mol. The molecule has 0 amide bonds. The number of thiazole rings is 1. The lowest BCUT2D eigenvalue weighted by Gasteiger charge is -2.20. The van der Waals surface area contributed by atoms with Crippen LogP contribution in [0.4, 0.5) is 5.13 Å². The summed E-state index contributed by atoms with van der Waals surface area (Å²) in [7, 11) is 0. The zero-order valence-corrected chi connectivity index (χ0v) is 11.3. The molecule has 18 heavy (non-hydrogen) atoms. The predicted octanol–water partition coefficient (Wildman–Crippen LogP) is 1.85. The fourth-order valence-corrected chi connectivity index (χ4v) is 2.74. The topological polar surface area (TPSA) is 79.5 Å². The highest BCUT2D eigenvalue weighted by atomic mass is 32.1. The van der Waals surface area contributed by atoms with Gasteiger partial charge in [0, 0.05) is 18.5 Å². The first-order valence-electron chi connectivity index (χ1n) is 6.30. The van der Waals surface area contributed by atoms with E-state index in [1.54, 1.807) is 5.38 Å². The largest absolute Gasteiger partial charge is 0.480 e. The first-order valence-corrected chi connectivity index (χ1v) is 7.18. The molecule has 1 saturated carbocycles. The van der Waals surface area contributed by atoms with E-state index in [0.29, 0.717) is 5.69 Å². The van der Waals surface area contributed by atoms with Gasteiger partial charge >= 0.3 is 5.97 Å². The fraction of sp³-hybridized carbons (Fsp3) is 0.667. The molecule has 5 nitrogen and oxygen atoms in total. The summed E-state index contributed by atoms with van der Waals surface area (Å²) in [5.74, 6) is -0.242. The third-order valence-corrected chi connectivity index (χ3v) is 3.95. The minimum Gasteiger partial charge on any atom is -0.480 e. The molecule has 1 heterocycles. The van der Waals surface area contributed by atoms with Crippen molar-refractivity contribution in [3.05, 3.63) is 11.1 Å². The number of hydrogen-bond acceptors (Lipinski definition) is 5.